The van der Waals surface area contributed by atoms with Gasteiger partial charge in [-0.25, -0.2) is 9.97 Å². The van der Waals surface area contributed by atoms with E-state index in [0.29, 0.717) is 12.2 Å². The van der Waals surface area contributed by atoms with Crippen LogP contribution in [0.1, 0.15) is 42.6 Å². The molecular formula is C18H29N5O2. The van der Waals surface area contributed by atoms with Crippen molar-refractivity contribution in [2.45, 2.75) is 37.6 Å². The van der Waals surface area contributed by atoms with Gasteiger partial charge in [0.15, 0.2) is 0 Å². The molecule has 2 saturated heterocycles. The van der Waals surface area contributed by atoms with Gasteiger partial charge in [0.25, 0.3) is 5.91 Å². The van der Waals surface area contributed by atoms with Crippen molar-refractivity contribution in [3.05, 3.63) is 18.1 Å². The maximum absolute atomic E-state index is 12.5. The fourth-order valence-electron chi connectivity index (χ4n) is 3.73. The van der Waals surface area contributed by atoms with E-state index in [4.69, 9.17) is 4.74 Å². The molecule has 7 heteroatoms. The average molecular weight is 347 g/mol. The number of piperidine rings is 1. The normalized spacial score (nSPS) is 20.9. The van der Waals surface area contributed by atoms with Crippen molar-refractivity contribution in [3.63, 3.8) is 0 Å². The van der Waals surface area contributed by atoms with Crippen LogP contribution in [0.15, 0.2) is 12.4 Å². The molecule has 25 heavy (non-hydrogen) atoms. The lowest BCUT2D eigenvalue weighted by atomic mass is 9.86. The van der Waals surface area contributed by atoms with E-state index in [-0.39, 0.29) is 11.4 Å². The summed E-state index contributed by atoms with van der Waals surface area (Å²) in [6.07, 6.45) is 8.91. The molecule has 1 amide bonds. The summed E-state index contributed by atoms with van der Waals surface area (Å²) in [4.78, 5) is 25.5. The molecule has 0 saturated carbocycles. The van der Waals surface area contributed by atoms with Crippen LogP contribution in [0.5, 0.6) is 0 Å². The number of hydrogen-bond acceptors (Lipinski definition) is 6. The van der Waals surface area contributed by atoms with Crippen molar-refractivity contribution in [3.8, 4) is 0 Å². The Kier molecular flexibility index (Phi) is 5.86. The highest BCUT2D eigenvalue weighted by Gasteiger charge is 2.39. The first kappa shape index (κ1) is 18.1. The second-order valence-electron chi connectivity index (χ2n) is 7.22. The lowest BCUT2D eigenvalue weighted by molar-refractivity contribution is -0.0349. The Morgan fingerprint density at radius 2 is 1.92 bits per heavy atom. The quantitative estimate of drug-likeness (QED) is 0.866. The van der Waals surface area contributed by atoms with Gasteiger partial charge < -0.3 is 15.0 Å². The van der Waals surface area contributed by atoms with Gasteiger partial charge in [-0.2, -0.15) is 0 Å². The molecule has 0 bridgehead atoms. The van der Waals surface area contributed by atoms with Crippen LogP contribution in [0.3, 0.4) is 0 Å². The topological polar surface area (TPSA) is 70.6 Å². The Labute approximate surface area is 149 Å². The molecule has 0 radical (unpaired) electrons. The van der Waals surface area contributed by atoms with Gasteiger partial charge in [-0.1, -0.05) is 6.42 Å². The zero-order valence-corrected chi connectivity index (χ0v) is 15.3. The second-order valence-corrected chi connectivity index (χ2v) is 7.22. The molecule has 1 N–H and O–H groups in total. The number of ether oxygens (including phenoxy) is 1. The number of amides is 1. The first-order valence-corrected chi connectivity index (χ1v) is 9.21. The summed E-state index contributed by atoms with van der Waals surface area (Å²) in [5.74, 6) is 0.589. The van der Waals surface area contributed by atoms with Gasteiger partial charge in [0.05, 0.1) is 12.4 Å². The molecule has 2 aliphatic rings. The highest BCUT2D eigenvalue weighted by molar-refractivity contribution is 5.92. The van der Waals surface area contributed by atoms with E-state index in [1.54, 1.807) is 12.4 Å². The molecule has 1 aromatic rings. The fourth-order valence-corrected chi connectivity index (χ4v) is 3.73. The highest BCUT2D eigenvalue weighted by Crippen LogP contribution is 2.30. The molecule has 3 rings (SSSR count). The summed E-state index contributed by atoms with van der Waals surface area (Å²) in [5, 5.41) is 3.10. The van der Waals surface area contributed by atoms with E-state index in [2.05, 4.69) is 20.2 Å². The molecule has 2 aliphatic heterocycles. The Morgan fingerprint density at radius 1 is 1.20 bits per heavy atom. The molecular weight excluding hydrogens is 318 g/mol. The molecule has 2 fully saturated rings. The molecule has 3 heterocycles. The molecule has 7 nitrogen and oxygen atoms in total. The second kappa shape index (κ2) is 8.10. The number of nitrogens with one attached hydrogen (secondary N) is 1. The van der Waals surface area contributed by atoms with Crippen LogP contribution >= 0.6 is 0 Å². The number of nitrogens with zero attached hydrogens (tertiary/aromatic N) is 4. The number of carbonyl (C=O) groups excluding carboxylic acids is 1. The van der Waals surface area contributed by atoms with Crippen LogP contribution < -0.4 is 10.2 Å². The van der Waals surface area contributed by atoms with Crippen molar-refractivity contribution in [2.75, 3.05) is 51.8 Å². The van der Waals surface area contributed by atoms with E-state index in [0.717, 1.165) is 45.0 Å². The van der Waals surface area contributed by atoms with E-state index < -0.39 is 0 Å². The van der Waals surface area contributed by atoms with Crippen molar-refractivity contribution in [2.24, 2.45) is 0 Å². The number of carbonyl (C=O) groups is 1. The van der Waals surface area contributed by atoms with Gasteiger partial charge in [0.1, 0.15) is 11.5 Å². The maximum Gasteiger partial charge on any atom is 0.271 e. The number of hydrogen-bond donors (Lipinski definition) is 1. The standard InChI is InChI=1S/C18H29N5O2/c1-22(2)16-13-19-15(12-20-16)17(24)21-14-18(6-10-25-11-7-18)23-8-4-3-5-9-23/h12-13H,3-11,14H2,1-2H3,(H,21,24). The van der Waals surface area contributed by atoms with Gasteiger partial charge >= 0.3 is 0 Å². The maximum atomic E-state index is 12.5. The first-order valence-electron chi connectivity index (χ1n) is 9.21. The summed E-state index contributed by atoms with van der Waals surface area (Å²) in [6.45, 7) is 4.42. The molecule has 138 valence electrons. The Balaban J connectivity index is 1.64. The van der Waals surface area contributed by atoms with Gasteiger partial charge in [-0.3, -0.25) is 9.69 Å². The Bertz CT molecular complexity index is 563. The van der Waals surface area contributed by atoms with Crippen molar-refractivity contribution >= 4 is 11.7 Å². The Hall–Kier alpha value is -1.73. The van der Waals surface area contributed by atoms with Gasteiger partial charge in [-0.15, -0.1) is 0 Å². The zero-order chi connectivity index (χ0) is 17.7. The third kappa shape index (κ3) is 4.27. The van der Waals surface area contributed by atoms with E-state index >= 15 is 0 Å². The van der Waals surface area contributed by atoms with E-state index in [1.165, 1.54) is 19.3 Å². The van der Waals surface area contributed by atoms with Crippen LogP contribution in [0.2, 0.25) is 0 Å². The van der Waals surface area contributed by atoms with E-state index in [1.807, 2.05) is 19.0 Å². The number of anilines is 1. The minimum atomic E-state index is -0.152. The SMILES string of the molecule is CN(C)c1cnc(C(=O)NCC2(N3CCCCC3)CCOCC2)cn1. The summed E-state index contributed by atoms with van der Waals surface area (Å²) >= 11 is 0. The summed E-state index contributed by atoms with van der Waals surface area (Å²) in [5.41, 5.74) is 0.386. The van der Waals surface area contributed by atoms with Gasteiger partial charge in [-0.05, 0) is 38.8 Å². The zero-order valence-electron chi connectivity index (χ0n) is 15.3. The van der Waals surface area contributed by atoms with Crippen LogP contribution in [0.4, 0.5) is 5.82 Å². The third-order valence-electron chi connectivity index (χ3n) is 5.36. The van der Waals surface area contributed by atoms with Crippen molar-refractivity contribution in [1.82, 2.24) is 20.2 Å². The number of aromatic nitrogens is 2. The van der Waals surface area contributed by atoms with Crippen LogP contribution in [-0.4, -0.2) is 73.3 Å². The molecule has 0 aromatic carbocycles. The van der Waals surface area contributed by atoms with E-state index in [9.17, 15) is 4.79 Å². The average Bonchev–Trinajstić information content (AvgIpc) is 2.67. The molecule has 0 aliphatic carbocycles. The Morgan fingerprint density at radius 3 is 2.52 bits per heavy atom. The molecule has 1 aromatic heterocycles. The summed E-state index contributed by atoms with van der Waals surface area (Å²) in [6, 6.07) is 0. The lowest BCUT2D eigenvalue weighted by Crippen LogP contribution is -2.59. The fraction of sp³-hybridized carbons (Fsp3) is 0.722. The highest BCUT2D eigenvalue weighted by atomic mass is 16.5. The predicted molar refractivity (Wildman–Crippen MR) is 96.9 cm³/mol. The summed E-state index contributed by atoms with van der Waals surface area (Å²) in [7, 11) is 3.80. The smallest absolute Gasteiger partial charge is 0.271 e. The monoisotopic (exact) mass is 347 g/mol. The minimum Gasteiger partial charge on any atom is -0.381 e. The van der Waals surface area contributed by atoms with Crippen LogP contribution in [0, 0.1) is 0 Å². The van der Waals surface area contributed by atoms with Gasteiger partial charge in [0, 0.05) is 39.4 Å². The number of rotatable bonds is 5. The predicted octanol–water partition coefficient (Wildman–Crippen LogP) is 1.31. The molecule has 0 spiro atoms. The van der Waals surface area contributed by atoms with Gasteiger partial charge in [0.2, 0.25) is 0 Å². The minimum absolute atomic E-state index is 0.0192. The first-order chi connectivity index (χ1) is 12.1. The largest absolute Gasteiger partial charge is 0.381 e. The summed E-state index contributed by atoms with van der Waals surface area (Å²) < 4.78 is 5.58. The van der Waals surface area contributed by atoms with Crippen molar-refractivity contribution < 1.29 is 9.53 Å². The van der Waals surface area contributed by atoms with Crippen LogP contribution in [0.25, 0.3) is 0 Å². The number of likely N-dealkylation sites (tertiary alicyclic amines) is 1. The van der Waals surface area contributed by atoms with Crippen molar-refractivity contribution in [1.29, 1.82) is 0 Å². The third-order valence-corrected chi connectivity index (χ3v) is 5.36. The molecule has 0 unspecified atom stereocenters. The lowest BCUT2D eigenvalue weighted by Gasteiger charge is -2.48. The van der Waals surface area contributed by atoms with Crippen LogP contribution in [-0.2, 0) is 4.74 Å². The molecule has 0 atom stereocenters.